The van der Waals surface area contributed by atoms with E-state index in [1.807, 2.05) is 0 Å². The van der Waals surface area contributed by atoms with Gasteiger partial charge in [0.1, 0.15) is 6.61 Å². The maximum Gasteiger partial charge on any atom is 0.305 e. The van der Waals surface area contributed by atoms with Crippen LogP contribution >= 0.6 is 0 Å². The highest BCUT2D eigenvalue weighted by molar-refractivity contribution is 5.69. The second-order valence-corrected chi connectivity index (χ2v) is 12.0. The molecule has 0 aromatic rings. The average molecular weight is 740 g/mol. The van der Waals surface area contributed by atoms with Crippen LogP contribution in [0.5, 0.6) is 0 Å². The fourth-order valence-electron chi connectivity index (χ4n) is 4.83. The molecule has 14 heteroatoms. The standard InChI is InChI=1S/C37H73NO13/c1-2-3-4-5-6-7-8-9-37(39)51-35-33-49-31-29-47-27-25-45-23-21-43-19-17-41-15-14-40-16-18-42-20-22-44-24-26-46-28-30-48-32-34-50-36-10-12-38-13-11-36/h36,38H,2-35H2,1H3. The minimum atomic E-state index is -0.140. The fourth-order valence-corrected chi connectivity index (χ4v) is 4.83. The number of carbonyl (C=O) groups excluding carboxylic acids is 1. The van der Waals surface area contributed by atoms with Crippen molar-refractivity contribution >= 4 is 5.97 Å². The van der Waals surface area contributed by atoms with Gasteiger partial charge in [-0.3, -0.25) is 4.79 Å². The molecule has 1 aliphatic heterocycles. The molecule has 304 valence electrons. The lowest BCUT2D eigenvalue weighted by atomic mass is 10.1. The van der Waals surface area contributed by atoms with Crippen LogP contribution < -0.4 is 5.32 Å². The van der Waals surface area contributed by atoms with E-state index in [1.54, 1.807) is 0 Å². The van der Waals surface area contributed by atoms with E-state index in [4.69, 9.17) is 56.8 Å². The monoisotopic (exact) mass is 740 g/mol. The molecule has 0 saturated carbocycles. The summed E-state index contributed by atoms with van der Waals surface area (Å²) in [5, 5.41) is 3.33. The predicted octanol–water partition coefficient (Wildman–Crippen LogP) is 3.60. The third-order valence-electron chi connectivity index (χ3n) is 7.69. The first kappa shape index (κ1) is 48.0. The maximum absolute atomic E-state index is 11.7. The van der Waals surface area contributed by atoms with Crippen LogP contribution in [0.25, 0.3) is 0 Å². The summed E-state index contributed by atoms with van der Waals surface area (Å²) in [6.45, 7) is 15.4. The van der Waals surface area contributed by atoms with Gasteiger partial charge in [0.15, 0.2) is 0 Å². The molecule has 0 bridgehead atoms. The van der Waals surface area contributed by atoms with Gasteiger partial charge in [0, 0.05) is 6.42 Å². The summed E-state index contributed by atoms with van der Waals surface area (Å²) in [4.78, 5) is 11.7. The Morgan fingerprint density at radius 2 is 0.745 bits per heavy atom. The Hall–Kier alpha value is -1.01. The summed E-state index contributed by atoms with van der Waals surface area (Å²) < 4.78 is 65.9. The van der Waals surface area contributed by atoms with E-state index in [2.05, 4.69) is 12.2 Å². The van der Waals surface area contributed by atoms with Gasteiger partial charge in [-0.25, -0.2) is 0 Å². The molecule has 0 unspecified atom stereocenters. The summed E-state index contributed by atoms with van der Waals surface area (Å²) >= 11 is 0. The summed E-state index contributed by atoms with van der Waals surface area (Å²) in [5.74, 6) is -0.140. The van der Waals surface area contributed by atoms with Crippen molar-refractivity contribution in [1.82, 2.24) is 5.32 Å². The number of hydrogen-bond donors (Lipinski definition) is 1. The fraction of sp³-hybridized carbons (Fsp3) is 0.973. The summed E-state index contributed by atoms with van der Waals surface area (Å²) in [6, 6.07) is 0. The van der Waals surface area contributed by atoms with Crippen LogP contribution in [0.4, 0.5) is 0 Å². The Bertz CT molecular complexity index is 689. The van der Waals surface area contributed by atoms with Crippen LogP contribution in [0, 0.1) is 0 Å². The number of hydrogen-bond acceptors (Lipinski definition) is 14. The van der Waals surface area contributed by atoms with E-state index < -0.39 is 0 Å². The van der Waals surface area contributed by atoms with Crippen LogP contribution in [0.2, 0.25) is 0 Å². The average Bonchev–Trinajstić information content (AvgIpc) is 3.15. The normalized spacial score (nSPS) is 13.7. The van der Waals surface area contributed by atoms with Gasteiger partial charge in [-0.05, 0) is 32.4 Å². The Kier molecular flexibility index (Phi) is 39.3. The Balaban J connectivity index is 1.62. The van der Waals surface area contributed by atoms with Gasteiger partial charge in [-0.15, -0.1) is 0 Å². The summed E-state index contributed by atoms with van der Waals surface area (Å²) in [5.41, 5.74) is 0. The molecule has 0 atom stereocenters. The van der Waals surface area contributed by atoms with Gasteiger partial charge >= 0.3 is 5.97 Å². The van der Waals surface area contributed by atoms with E-state index in [9.17, 15) is 4.79 Å². The molecule has 0 spiro atoms. The molecule has 0 amide bonds. The van der Waals surface area contributed by atoms with Crippen molar-refractivity contribution in [2.24, 2.45) is 0 Å². The quantitative estimate of drug-likeness (QED) is 0.0721. The first-order valence-electron chi connectivity index (χ1n) is 19.6. The highest BCUT2D eigenvalue weighted by Crippen LogP contribution is 2.09. The SMILES string of the molecule is CCCCCCCCCC(=O)OCCOCCOCCOCCOCCOCCOCCOCCOCCOCCOCCOC1CCNCC1. The van der Waals surface area contributed by atoms with Crippen LogP contribution in [-0.4, -0.2) is 171 Å². The number of nitrogens with one attached hydrogen (secondary N) is 1. The molecule has 1 N–H and O–H groups in total. The second kappa shape index (κ2) is 41.7. The first-order chi connectivity index (χ1) is 25.3. The number of ether oxygens (including phenoxy) is 12. The third-order valence-corrected chi connectivity index (χ3v) is 7.69. The zero-order valence-electron chi connectivity index (χ0n) is 31.9. The van der Waals surface area contributed by atoms with Gasteiger partial charge in [0.05, 0.1) is 145 Å². The van der Waals surface area contributed by atoms with Crippen molar-refractivity contribution in [2.75, 3.05) is 158 Å². The minimum Gasteiger partial charge on any atom is -0.463 e. The Morgan fingerprint density at radius 1 is 0.431 bits per heavy atom. The number of piperidine rings is 1. The highest BCUT2D eigenvalue weighted by atomic mass is 16.6. The van der Waals surface area contributed by atoms with Crippen molar-refractivity contribution in [3.8, 4) is 0 Å². The van der Waals surface area contributed by atoms with E-state index in [0.29, 0.717) is 151 Å². The molecular formula is C37H73NO13. The topological polar surface area (TPSA) is 140 Å². The van der Waals surface area contributed by atoms with Crippen LogP contribution in [0.3, 0.4) is 0 Å². The molecule has 0 radical (unpaired) electrons. The number of unbranched alkanes of at least 4 members (excludes halogenated alkanes) is 6. The zero-order chi connectivity index (χ0) is 36.4. The molecule has 1 aliphatic rings. The maximum atomic E-state index is 11.7. The number of esters is 1. The van der Waals surface area contributed by atoms with Crippen LogP contribution in [0.15, 0.2) is 0 Å². The third kappa shape index (κ3) is 38.5. The van der Waals surface area contributed by atoms with Crippen molar-refractivity contribution < 1.29 is 61.6 Å². The Labute approximate surface area is 308 Å². The van der Waals surface area contributed by atoms with Crippen LogP contribution in [-0.2, 0) is 61.6 Å². The molecule has 1 fully saturated rings. The number of rotatable bonds is 42. The van der Waals surface area contributed by atoms with E-state index in [-0.39, 0.29) is 12.6 Å². The second-order valence-electron chi connectivity index (χ2n) is 12.0. The lowest BCUT2D eigenvalue weighted by molar-refractivity contribution is -0.145. The van der Waals surface area contributed by atoms with Crippen molar-refractivity contribution in [1.29, 1.82) is 0 Å². The molecular weight excluding hydrogens is 666 g/mol. The number of carbonyl (C=O) groups is 1. The van der Waals surface area contributed by atoms with Gasteiger partial charge in [-0.1, -0.05) is 45.4 Å². The van der Waals surface area contributed by atoms with E-state index in [0.717, 1.165) is 38.8 Å². The van der Waals surface area contributed by atoms with Gasteiger partial charge < -0.3 is 62.2 Å². The smallest absolute Gasteiger partial charge is 0.305 e. The largest absolute Gasteiger partial charge is 0.463 e. The van der Waals surface area contributed by atoms with Gasteiger partial charge in [0.2, 0.25) is 0 Å². The molecule has 1 rings (SSSR count). The van der Waals surface area contributed by atoms with Crippen molar-refractivity contribution in [2.45, 2.75) is 77.2 Å². The van der Waals surface area contributed by atoms with Crippen molar-refractivity contribution in [3.63, 3.8) is 0 Å². The lowest BCUT2D eigenvalue weighted by Gasteiger charge is -2.22. The van der Waals surface area contributed by atoms with Gasteiger partial charge in [-0.2, -0.15) is 0 Å². The molecule has 14 nitrogen and oxygen atoms in total. The first-order valence-corrected chi connectivity index (χ1v) is 19.6. The van der Waals surface area contributed by atoms with E-state index in [1.165, 1.54) is 32.1 Å². The van der Waals surface area contributed by atoms with Crippen molar-refractivity contribution in [3.05, 3.63) is 0 Å². The van der Waals surface area contributed by atoms with Crippen LogP contribution in [0.1, 0.15) is 71.1 Å². The molecule has 0 aliphatic carbocycles. The Morgan fingerprint density at radius 3 is 1.12 bits per heavy atom. The predicted molar refractivity (Wildman–Crippen MR) is 194 cm³/mol. The highest BCUT2D eigenvalue weighted by Gasteiger charge is 2.12. The zero-order valence-corrected chi connectivity index (χ0v) is 31.9. The molecule has 1 heterocycles. The molecule has 51 heavy (non-hydrogen) atoms. The molecule has 0 aromatic carbocycles. The summed E-state index contributed by atoms with van der Waals surface area (Å²) in [6.07, 6.45) is 11.3. The van der Waals surface area contributed by atoms with E-state index >= 15 is 0 Å². The minimum absolute atomic E-state index is 0.140. The molecule has 1 saturated heterocycles. The van der Waals surface area contributed by atoms with Gasteiger partial charge in [0.25, 0.3) is 0 Å². The molecule has 0 aromatic heterocycles. The summed E-state index contributed by atoms with van der Waals surface area (Å²) in [7, 11) is 0. The lowest BCUT2D eigenvalue weighted by Crippen LogP contribution is -2.33.